The van der Waals surface area contributed by atoms with E-state index in [2.05, 4.69) is 5.32 Å². The quantitative estimate of drug-likeness (QED) is 0.819. The Morgan fingerprint density at radius 1 is 0.964 bits per heavy atom. The van der Waals surface area contributed by atoms with Crippen molar-refractivity contribution in [3.63, 3.8) is 0 Å². The molecule has 28 heavy (non-hydrogen) atoms. The number of likely N-dealkylation sites (tertiary alicyclic amines) is 1. The van der Waals surface area contributed by atoms with Crippen molar-refractivity contribution < 1.29 is 14.4 Å². The molecule has 2 aliphatic carbocycles. The zero-order valence-electron chi connectivity index (χ0n) is 16.5. The normalized spacial score (nSPS) is 20.0. The van der Waals surface area contributed by atoms with Crippen molar-refractivity contribution in [2.75, 3.05) is 20.1 Å². The number of amides is 3. The average molecular weight is 383 g/mol. The third-order valence-corrected chi connectivity index (χ3v) is 6.15. The first-order chi connectivity index (χ1) is 13.6. The lowest BCUT2D eigenvalue weighted by Gasteiger charge is -2.34. The van der Waals surface area contributed by atoms with Gasteiger partial charge in [-0.2, -0.15) is 0 Å². The standard InChI is InChI=1S/C22H29N3O3/c1-23-20(26)16-4-2-15(3-5-16)14-25(19-8-9-19)22(28)18-10-12-24(13-11-18)21(27)17-6-7-17/h2-5,17-19H,6-14H2,1H3,(H,23,26). The SMILES string of the molecule is CNC(=O)c1ccc(CN(C(=O)C2CCN(C(=O)C3CC3)CC2)C2CC2)cc1. The topological polar surface area (TPSA) is 69.7 Å². The summed E-state index contributed by atoms with van der Waals surface area (Å²) in [5.74, 6) is 0.703. The Labute approximate surface area is 166 Å². The highest BCUT2D eigenvalue weighted by molar-refractivity contribution is 5.94. The van der Waals surface area contributed by atoms with Crippen LogP contribution in [0.2, 0.25) is 0 Å². The second-order valence-corrected chi connectivity index (χ2v) is 8.35. The number of rotatable bonds is 6. The van der Waals surface area contributed by atoms with Gasteiger partial charge in [0.05, 0.1) is 0 Å². The molecule has 3 amide bonds. The number of benzene rings is 1. The monoisotopic (exact) mass is 383 g/mol. The molecule has 0 radical (unpaired) electrons. The molecule has 3 fully saturated rings. The molecule has 6 heteroatoms. The molecule has 0 atom stereocenters. The van der Waals surface area contributed by atoms with E-state index in [1.54, 1.807) is 7.05 Å². The Bertz CT molecular complexity index is 745. The van der Waals surface area contributed by atoms with Gasteiger partial charge in [-0.15, -0.1) is 0 Å². The summed E-state index contributed by atoms with van der Waals surface area (Å²) < 4.78 is 0. The van der Waals surface area contributed by atoms with E-state index in [9.17, 15) is 14.4 Å². The summed E-state index contributed by atoms with van der Waals surface area (Å²) in [6, 6.07) is 7.84. The predicted octanol–water partition coefficient (Wildman–Crippen LogP) is 2.19. The Balaban J connectivity index is 1.36. The molecular weight excluding hydrogens is 354 g/mol. The zero-order valence-corrected chi connectivity index (χ0v) is 16.5. The van der Waals surface area contributed by atoms with Gasteiger partial charge in [0.2, 0.25) is 11.8 Å². The molecule has 1 aliphatic heterocycles. The molecule has 0 aromatic heterocycles. The average Bonchev–Trinajstić information content (AvgIpc) is 3.64. The van der Waals surface area contributed by atoms with E-state index < -0.39 is 0 Å². The Kier molecular flexibility index (Phi) is 5.38. The van der Waals surface area contributed by atoms with E-state index in [0.29, 0.717) is 37.1 Å². The van der Waals surface area contributed by atoms with Crippen LogP contribution in [0.25, 0.3) is 0 Å². The van der Waals surface area contributed by atoms with Gasteiger partial charge in [0.1, 0.15) is 0 Å². The molecule has 4 rings (SSSR count). The molecular formula is C22H29N3O3. The number of piperidine rings is 1. The smallest absolute Gasteiger partial charge is 0.251 e. The van der Waals surface area contributed by atoms with Crippen molar-refractivity contribution in [3.05, 3.63) is 35.4 Å². The van der Waals surface area contributed by atoms with Crippen molar-refractivity contribution in [3.8, 4) is 0 Å². The molecule has 6 nitrogen and oxygen atoms in total. The molecule has 0 bridgehead atoms. The second-order valence-electron chi connectivity index (χ2n) is 8.35. The molecule has 1 heterocycles. The van der Waals surface area contributed by atoms with Crippen LogP contribution in [-0.4, -0.2) is 53.7 Å². The van der Waals surface area contributed by atoms with E-state index in [-0.39, 0.29) is 23.7 Å². The zero-order chi connectivity index (χ0) is 19.7. The van der Waals surface area contributed by atoms with Crippen LogP contribution < -0.4 is 5.32 Å². The molecule has 1 aromatic carbocycles. The van der Waals surface area contributed by atoms with Crippen LogP contribution in [0.15, 0.2) is 24.3 Å². The molecule has 0 spiro atoms. The van der Waals surface area contributed by atoms with Gasteiger partial charge >= 0.3 is 0 Å². The molecule has 1 aromatic rings. The lowest BCUT2D eigenvalue weighted by molar-refractivity contribution is -0.142. The van der Waals surface area contributed by atoms with Gasteiger partial charge in [0.25, 0.3) is 5.91 Å². The first-order valence-corrected chi connectivity index (χ1v) is 10.5. The summed E-state index contributed by atoms with van der Waals surface area (Å²) in [5.41, 5.74) is 1.68. The number of nitrogens with zero attached hydrogens (tertiary/aromatic N) is 2. The Hall–Kier alpha value is -2.37. The summed E-state index contributed by atoms with van der Waals surface area (Å²) in [5, 5.41) is 2.62. The number of carbonyl (C=O) groups excluding carboxylic acids is 3. The third-order valence-electron chi connectivity index (χ3n) is 6.15. The van der Waals surface area contributed by atoms with Crippen LogP contribution in [0.1, 0.15) is 54.4 Å². The Morgan fingerprint density at radius 3 is 2.14 bits per heavy atom. The van der Waals surface area contributed by atoms with Crippen molar-refractivity contribution in [2.45, 2.75) is 51.1 Å². The first kappa shape index (κ1) is 19.0. The van der Waals surface area contributed by atoms with Gasteiger partial charge in [0, 0.05) is 50.1 Å². The first-order valence-electron chi connectivity index (χ1n) is 10.5. The Morgan fingerprint density at radius 2 is 1.61 bits per heavy atom. The van der Waals surface area contributed by atoms with E-state index in [1.165, 1.54) is 0 Å². The number of nitrogens with one attached hydrogen (secondary N) is 1. The molecule has 1 N–H and O–H groups in total. The van der Waals surface area contributed by atoms with Gasteiger partial charge < -0.3 is 15.1 Å². The van der Waals surface area contributed by atoms with E-state index >= 15 is 0 Å². The highest BCUT2D eigenvalue weighted by Gasteiger charge is 2.39. The molecule has 0 unspecified atom stereocenters. The predicted molar refractivity (Wildman–Crippen MR) is 105 cm³/mol. The number of hydrogen-bond acceptors (Lipinski definition) is 3. The minimum absolute atomic E-state index is 0.0222. The van der Waals surface area contributed by atoms with Crippen molar-refractivity contribution >= 4 is 17.7 Å². The molecule has 3 aliphatic rings. The fraction of sp³-hybridized carbons (Fsp3) is 0.591. The van der Waals surface area contributed by atoms with Crippen molar-refractivity contribution in [1.82, 2.24) is 15.1 Å². The fourth-order valence-electron chi connectivity index (χ4n) is 4.05. The maximum Gasteiger partial charge on any atom is 0.251 e. The molecule has 1 saturated heterocycles. The molecule has 2 saturated carbocycles. The summed E-state index contributed by atoms with van der Waals surface area (Å²) in [6.45, 7) is 2.02. The van der Waals surface area contributed by atoms with Gasteiger partial charge in [-0.25, -0.2) is 0 Å². The molecule has 150 valence electrons. The maximum atomic E-state index is 13.2. The summed E-state index contributed by atoms with van der Waals surface area (Å²) in [4.78, 5) is 41.1. The lowest BCUT2D eigenvalue weighted by atomic mass is 9.94. The highest BCUT2D eigenvalue weighted by Crippen LogP contribution is 2.34. The van der Waals surface area contributed by atoms with Crippen LogP contribution in [0.5, 0.6) is 0 Å². The van der Waals surface area contributed by atoms with Crippen LogP contribution in [-0.2, 0) is 16.1 Å². The number of hydrogen-bond donors (Lipinski definition) is 1. The van der Waals surface area contributed by atoms with Crippen molar-refractivity contribution in [1.29, 1.82) is 0 Å². The largest absolute Gasteiger partial charge is 0.355 e. The summed E-state index contributed by atoms with van der Waals surface area (Å²) >= 11 is 0. The van der Waals surface area contributed by atoms with Gasteiger partial charge in [0.15, 0.2) is 0 Å². The number of carbonyl (C=O) groups is 3. The lowest BCUT2D eigenvalue weighted by Crippen LogP contribution is -2.45. The van der Waals surface area contributed by atoms with E-state index in [1.807, 2.05) is 34.1 Å². The van der Waals surface area contributed by atoms with Crippen molar-refractivity contribution in [2.24, 2.45) is 11.8 Å². The third kappa shape index (κ3) is 4.21. The van der Waals surface area contributed by atoms with Crippen LogP contribution >= 0.6 is 0 Å². The minimum Gasteiger partial charge on any atom is -0.355 e. The second kappa shape index (κ2) is 7.94. The summed E-state index contributed by atoms with van der Waals surface area (Å²) in [6.07, 6.45) is 5.76. The highest BCUT2D eigenvalue weighted by atomic mass is 16.2. The van der Waals surface area contributed by atoms with E-state index in [4.69, 9.17) is 0 Å². The van der Waals surface area contributed by atoms with Crippen LogP contribution in [0.4, 0.5) is 0 Å². The maximum absolute atomic E-state index is 13.2. The van der Waals surface area contributed by atoms with Gasteiger partial charge in [-0.05, 0) is 56.2 Å². The van der Waals surface area contributed by atoms with Gasteiger partial charge in [-0.3, -0.25) is 14.4 Å². The van der Waals surface area contributed by atoms with Crippen LogP contribution in [0.3, 0.4) is 0 Å². The van der Waals surface area contributed by atoms with Crippen LogP contribution in [0, 0.1) is 11.8 Å². The van der Waals surface area contributed by atoms with E-state index in [0.717, 1.165) is 44.1 Å². The summed E-state index contributed by atoms with van der Waals surface area (Å²) in [7, 11) is 1.62. The fourth-order valence-corrected chi connectivity index (χ4v) is 4.05. The van der Waals surface area contributed by atoms with Gasteiger partial charge in [-0.1, -0.05) is 12.1 Å². The minimum atomic E-state index is -0.103.